The minimum Gasteiger partial charge on any atom is -0.478 e. The van der Waals surface area contributed by atoms with Crippen LogP contribution in [0.4, 0.5) is 4.79 Å². The Labute approximate surface area is 187 Å². The molecule has 0 aliphatic carbocycles. The monoisotopic (exact) mass is 447 g/mol. The maximum Gasteiger partial charge on any atom is 0.409 e. The Morgan fingerprint density at radius 3 is 2.55 bits per heavy atom. The zero-order chi connectivity index (χ0) is 22.5. The predicted molar refractivity (Wildman–Crippen MR) is 120 cm³/mol. The van der Waals surface area contributed by atoms with Gasteiger partial charge in [-0.1, -0.05) is 23.7 Å². The summed E-state index contributed by atoms with van der Waals surface area (Å²) in [5, 5.41) is 14.0. The van der Waals surface area contributed by atoms with Crippen LogP contribution in [0.2, 0.25) is 5.02 Å². The molecule has 0 unspecified atom stereocenters. The lowest BCUT2D eigenvalue weighted by molar-refractivity contribution is 0.0693. The van der Waals surface area contributed by atoms with Gasteiger partial charge in [-0.15, -0.1) is 0 Å². The number of hydrogen-bond donors (Lipinski definition) is 2. The quantitative estimate of drug-likeness (QED) is 0.664. The molecule has 1 saturated heterocycles. The Morgan fingerprint density at radius 1 is 1.23 bits per heavy atom. The first-order chi connectivity index (χ1) is 14.8. The second-order valence-corrected chi connectivity index (χ2v) is 8.32. The molecular weight excluding hydrogens is 418 g/mol. The molecule has 2 heterocycles. The zero-order valence-corrected chi connectivity index (χ0v) is 19.0. The third-order valence-electron chi connectivity index (χ3n) is 5.94. The number of carboxylic acids is 1. The van der Waals surface area contributed by atoms with Crippen molar-refractivity contribution in [3.05, 3.63) is 57.4 Å². The molecule has 0 bridgehead atoms. The highest BCUT2D eigenvalue weighted by molar-refractivity contribution is 6.30. The van der Waals surface area contributed by atoms with Crippen molar-refractivity contribution in [3.8, 4) is 0 Å². The third-order valence-corrected chi connectivity index (χ3v) is 6.18. The molecule has 1 fully saturated rings. The van der Waals surface area contributed by atoms with Gasteiger partial charge in [0.25, 0.3) is 0 Å². The van der Waals surface area contributed by atoms with Crippen molar-refractivity contribution in [1.29, 1.82) is 0 Å². The first-order valence-corrected chi connectivity index (χ1v) is 11.0. The maximum absolute atomic E-state index is 12.0. The van der Waals surface area contributed by atoms with Crippen LogP contribution in [0, 0.1) is 13.8 Å². The smallest absolute Gasteiger partial charge is 0.409 e. The van der Waals surface area contributed by atoms with E-state index < -0.39 is 5.97 Å². The zero-order valence-electron chi connectivity index (χ0n) is 18.3. The summed E-state index contributed by atoms with van der Waals surface area (Å²) in [6, 6.07) is 7.83. The van der Waals surface area contributed by atoms with E-state index in [1.165, 1.54) is 0 Å². The summed E-state index contributed by atoms with van der Waals surface area (Å²) in [5.74, 6) is -0.917. The van der Waals surface area contributed by atoms with E-state index in [1.54, 1.807) is 11.8 Å². The lowest BCUT2D eigenvalue weighted by atomic mass is 10.0. The molecule has 168 valence electrons. The molecule has 0 radical (unpaired) electrons. The topological polar surface area (TPSA) is 83.8 Å². The number of ether oxygens (including phenoxy) is 1. The van der Waals surface area contributed by atoms with Gasteiger partial charge in [-0.2, -0.15) is 0 Å². The standard InChI is InChI=1S/C23H30ClN3O4/c1-4-31-23(30)26-10-8-19(9-11-26)25-13-20-15(2)27(16(3)21(20)22(28)29)14-17-6-5-7-18(24)12-17/h5-7,12,19,25H,4,8-11,13-14H2,1-3H3,(H,28,29). The molecule has 0 saturated carbocycles. The van der Waals surface area contributed by atoms with Crippen LogP contribution in [-0.4, -0.2) is 52.4 Å². The normalized spacial score (nSPS) is 14.6. The van der Waals surface area contributed by atoms with Gasteiger partial charge in [0, 0.05) is 54.2 Å². The van der Waals surface area contributed by atoms with Gasteiger partial charge in [0.1, 0.15) is 0 Å². The van der Waals surface area contributed by atoms with E-state index in [4.69, 9.17) is 16.3 Å². The summed E-state index contributed by atoms with van der Waals surface area (Å²) in [6.07, 6.45) is 1.35. The van der Waals surface area contributed by atoms with Crippen molar-refractivity contribution >= 4 is 23.7 Å². The Morgan fingerprint density at radius 2 is 1.94 bits per heavy atom. The van der Waals surface area contributed by atoms with Crippen molar-refractivity contribution in [2.24, 2.45) is 0 Å². The molecule has 1 amide bonds. The highest BCUT2D eigenvalue weighted by Crippen LogP contribution is 2.25. The highest BCUT2D eigenvalue weighted by atomic mass is 35.5. The molecular formula is C23H30ClN3O4. The number of carboxylic acid groups (broad SMARTS) is 1. The summed E-state index contributed by atoms with van der Waals surface area (Å²) >= 11 is 6.11. The highest BCUT2D eigenvalue weighted by Gasteiger charge is 2.26. The molecule has 0 atom stereocenters. The van der Waals surface area contributed by atoms with E-state index in [-0.39, 0.29) is 12.1 Å². The van der Waals surface area contributed by atoms with Crippen molar-refractivity contribution in [2.75, 3.05) is 19.7 Å². The number of piperidine rings is 1. The van der Waals surface area contributed by atoms with E-state index in [1.807, 2.05) is 42.7 Å². The Bertz CT molecular complexity index is 949. The van der Waals surface area contributed by atoms with E-state index in [0.717, 1.165) is 35.4 Å². The summed E-state index contributed by atoms with van der Waals surface area (Å²) in [6.45, 7) is 8.30. The second-order valence-electron chi connectivity index (χ2n) is 7.89. The van der Waals surface area contributed by atoms with Gasteiger partial charge in [0.2, 0.25) is 0 Å². The van der Waals surface area contributed by atoms with Gasteiger partial charge in [-0.3, -0.25) is 0 Å². The summed E-state index contributed by atoms with van der Waals surface area (Å²) < 4.78 is 7.10. The fourth-order valence-electron chi connectivity index (χ4n) is 4.23. The molecule has 0 spiro atoms. The van der Waals surface area contributed by atoms with Gasteiger partial charge >= 0.3 is 12.1 Å². The van der Waals surface area contributed by atoms with Crippen LogP contribution in [0.1, 0.15) is 52.6 Å². The van der Waals surface area contributed by atoms with Crippen molar-refractivity contribution in [2.45, 2.75) is 52.7 Å². The number of benzene rings is 1. The van der Waals surface area contributed by atoms with E-state index in [2.05, 4.69) is 5.32 Å². The van der Waals surface area contributed by atoms with Gasteiger partial charge in [0.15, 0.2) is 0 Å². The fourth-order valence-corrected chi connectivity index (χ4v) is 4.44. The van der Waals surface area contributed by atoms with Crippen LogP contribution in [0.25, 0.3) is 0 Å². The first-order valence-electron chi connectivity index (χ1n) is 10.6. The average Bonchev–Trinajstić information content (AvgIpc) is 2.97. The van der Waals surface area contributed by atoms with Crippen LogP contribution >= 0.6 is 11.6 Å². The van der Waals surface area contributed by atoms with Crippen molar-refractivity contribution in [3.63, 3.8) is 0 Å². The van der Waals surface area contributed by atoms with Crippen LogP contribution in [0.5, 0.6) is 0 Å². The molecule has 1 aliphatic heterocycles. The number of aromatic carboxylic acids is 1. The number of hydrogen-bond acceptors (Lipinski definition) is 4. The molecule has 1 aliphatic rings. The number of nitrogens with zero attached hydrogens (tertiary/aromatic N) is 2. The number of rotatable bonds is 7. The molecule has 2 N–H and O–H groups in total. The van der Waals surface area contributed by atoms with Crippen LogP contribution in [0.15, 0.2) is 24.3 Å². The van der Waals surface area contributed by atoms with Gasteiger partial charge in [0.05, 0.1) is 12.2 Å². The average molecular weight is 448 g/mol. The Balaban J connectivity index is 1.71. The third kappa shape index (κ3) is 5.40. The fraction of sp³-hybridized carbons (Fsp3) is 0.478. The first kappa shape index (κ1) is 23.2. The molecule has 1 aromatic heterocycles. The van der Waals surface area contributed by atoms with Crippen LogP contribution in [-0.2, 0) is 17.8 Å². The largest absolute Gasteiger partial charge is 0.478 e. The second kappa shape index (κ2) is 10.2. The number of amides is 1. The van der Waals surface area contributed by atoms with Gasteiger partial charge in [-0.05, 0) is 51.3 Å². The molecule has 1 aromatic carbocycles. The maximum atomic E-state index is 12.0. The Hall–Kier alpha value is -2.51. The summed E-state index contributed by atoms with van der Waals surface area (Å²) in [5.41, 5.74) is 3.86. The van der Waals surface area contributed by atoms with Crippen LogP contribution in [0.3, 0.4) is 0 Å². The van der Waals surface area contributed by atoms with E-state index in [0.29, 0.717) is 43.4 Å². The molecule has 7 nitrogen and oxygen atoms in total. The Kier molecular flexibility index (Phi) is 7.62. The molecule has 31 heavy (non-hydrogen) atoms. The predicted octanol–water partition coefficient (Wildman–Crippen LogP) is 4.22. The number of aromatic nitrogens is 1. The number of halogens is 1. The molecule has 2 aromatic rings. The number of carbonyl (C=O) groups is 2. The number of nitrogens with one attached hydrogen (secondary N) is 1. The minimum absolute atomic E-state index is 0.225. The summed E-state index contributed by atoms with van der Waals surface area (Å²) in [7, 11) is 0. The summed E-state index contributed by atoms with van der Waals surface area (Å²) in [4.78, 5) is 25.6. The number of carbonyl (C=O) groups excluding carboxylic acids is 1. The van der Waals surface area contributed by atoms with Crippen molar-refractivity contribution in [1.82, 2.24) is 14.8 Å². The van der Waals surface area contributed by atoms with Gasteiger partial charge < -0.3 is 24.6 Å². The lowest BCUT2D eigenvalue weighted by Gasteiger charge is -2.31. The molecule has 8 heteroatoms. The minimum atomic E-state index is -0.917. The van der Waals surface area contributed by atoms with E-state index in [9.17, 15) is 14.7 Å². The van der Waals surface area contributed by atoms with E-state index >= 15 is 0 Å². The van der Waals surface area contributed by atoms with Crippen molar-refractivity contribution < 1.29 is 19.4 Å². The van der Waals surface area contributed by atoms with Gasteiger partial charge in [-0.25, -0.2) is 9.59 Å². The van der Waals surface area contributed by atoms with Crippen LogP contribution < -0.4 is 5.32 Å². The SMILES string of the molecule is CCOC(=O)N1CCC(NCc2c(C(=O)O)c(C)n(Cc3cccc(Cl)c3)c2C)CC1. The molecule has 3 rings (SSSR count). The lowest BCUT2D eigenvalue weighted by Crippen LogP contribution is -2.45. The number of likely N-dealkylation sites (tertiary alicyclic amines) is 1.